The Morgan fingerprint density at radius 1 is 1.15 bits per heavy atom. The number of likely N-dealkylation sites (tertiary alicyclic amines) is 1. The first-order chi connectivity index (χ1) is 9.63. The van der Waals surface area contributed by atoms with E-state index < -0.39 is 0 Å². The van der Waals surface area contributed by atoms with Crippen LogP contribution < -0.4 is 0 Å². The van der Waals surface area contributed by atoms with Gasteiger partial charge in [-0.05, 0) is 20.8 Å². The topological polar surface area (TPSA) is 48.6 Å². The molecule has 1 aromatic rings. The SMILES string of the molecule is Cc1nonc1CN1CC(N2CCN(C(C)C)CC2)C1. The van der Waals surface area contributed by atoms with Crippen molar-refractivity contribution in [2.75, 3.05) is 39.3 Å². The van der Waals surface area contributed by atoms with Gasteiger partial charge >= 0.3 is 0 Å². The molecule has 1 aromatic heterocycles. The van der Waals surface area contributed by atoms with E-state index in [1.54, 1.807) is 0 Å². The molecule has 2 aliphatic heterocycles. The van der Waals surface area contributed by atoms with Gasteiger partial charge in [0.1, 0.15) is 11.4 Å². The fourth-order valence-electron chi connectivity index (χ4n) is 3.13. The fourth-order valence-corrected chi connectivity index (χ4v) is 3.13. The summed E-state index contributed by atoms with van der Waals surface area (Å²) in [6, 6.07) is 1.40. The molecule has 0 aromatic carbocycles. The minimum absolute atomic E-state index is 0.678. The summed E-state index contributed by atoms with van der Waals surface area (Å²) in [7, 11) is 0. The van der Waals surface area contributed by atoms with E-state index in [2.05, 4.69) is 38.9 Å². The van der Waals surface area contributed by atoms with Gasteiger partial charge in [-0.3, -0.25) is 14.7 Å². The zero-order valence-corrected chi connectivity index (χ0v) is 12.7. The van der Waals surface area contributed by atoms with Crippen molar-refractivity contribution in [1.29, 1.82) is 0 Å². The summed E-state index contributed by atoms with van der Waals surface area (Å²) in [4.78, 5) is 7.63. The van der Waals surface area contributed by atoms with Crippen LogP contribution in [0.1, 0.15) is 25.2 Å². The van der Waals surface area contributed by atoms with Crippen LogP contribution in [-0.4, -0.2) is 76.4 Å². The van der Waals surface area contributed by atoms with Gasteiger partial charge in [0.15, 0.2) is 0 Å². The van der Waals surface area contributed by atoms with E-state index in [-0.39, 0.29) is 0 Å². The molecule has 3 rings (SSSR count). The van der Waals surface area contributed by atoms with Crippen molar-refractivity contribution in [2.24, 2.45) is 0 Å². The number of piperazine rings is 1. The summed E-state index contributed by atoms with van der Waals surface area (Å²) in [5, 5.41) is 7.79. The summed E-state index contributed by atoms with van der Waals surface area (Å²) in [6.45, 7) is 14.5. The summed E-state index contributed by atoms with van der Waals surface area (Å²) in [5.74, 6) is 0. The monoisotopic (exact) mass is 279 g/mol. The molecular formula is C14H25N5O. The van der Waals surface area contributed by atoms with Crippen molar-refractivity contribution in [2.45, 2.75) is 39.4 Å². The summed E-state index contributed by atoms with van der Waals surface area (Å²) < 4.78 is 4.75. The minimum atomic E-state index is 0.678. The molecule has 0 N–H and O–H groups in total. The molecule has 112 valence electrons. The van der Waals surface area contributed by atoms with Crippen LogP contribution in [0, 0.1) is 6.92 Å². The molecule has 0 saturated carbocycles. The molecule has 3 heterocycles. The third-order valence-corrected chi connectivity index (χ3v) is 4.65. The van der Waals surface area contributed by atoms with Gasteiger partial charge in [-0.15, -0.1) is 0 Å². The summed E-state index contributed by atoms with van der Waals surface area (Å²) >= 11 is 0. The van der Waals surface area contributed by atoms with Crippen LogP contribution in [0.25, 0.3) is 0 Å². The Balaban J connectivity index is 1.41. The lowest BCUT2D eigenvalue weighted by Gasteiger charge is -2.48. The van der Waals surface area contributed by atoms with Crippen molar-refractivity contribution < 1.29 is 4.63 Å². The third kappa shape index (κ3) is 2.87. The highest BCUT2D eigenvalue weighted by atomic mass is 16.6. The average molecular weight is 279 g/mol. The smallest absolute Gasteiger partial charge is 0.122 e. The Hall–Kier alpha value is -0.980. The molecule has 2 saturated heterocycles. The van der Waals surface area contributed by atoms with Crippen LogP contribution in [0.4, 0.5) is 0 Å². The second-order valence-corrected chi connectivity index (χ2v) is 6.31. The Morgan fingerprint density at radius 3 is 2.40 bits per heavy atom. The van der Waals surface area contributed by atoms with E-state index in [9.17, 15) is 0 Å². The van der Waals surface area contributed by atoms with E-state index in [1.165, 1.54) is 26.2 Å². The molecule has 0 radical (unpaired) electrons. The molecule has 0 amide bonds. The number of hydrogen-bond donors (Lipinski definition) is 0. The van der Waals surface area contributed by atoms with E-state index >= 15 is 0 Å². The van der Waals surface area contributed by atoms with E-state index in [0.29, 0.717) is 6.04 Å². The standard InChI is InChI=1S/C14H25N5O/c1-11(2)18-4-6-19(7-5-18)13-8-17(9-13)10-14-12(3)15-20-16-14/h11,13H,4-10H2,1-3H3. The van der Waals surface area contributed by atoms with Crippen LogP contribution >= 0.6 is 0 Å². The predicted molar refractivity (Wildman–Crippen MR) is 76.4 cm³/mol. The molecule has 6 nitrogen and oxygen atoms in total. The molecule has 2 aliphatic rings. The van der Waals surface area contributed by atoms with Gasteiger partial charge in [0.25, 0.3) is 0 Å². The molecule has 20 heavy (non-hydrogen) atoms. The average Bonchev–Trinajstić information content (AvgIpc) is 2.79. The van der Waals surface area contributed by atoms with E-state index in [1.807, 2.05) is 6.92 Å². The molecule has 2 fully saturated rings. The van der Waals surface area contributed by atoms with Gasteiger partial charge in [-0.2, -0.15) is 0 Å². The lowest BCUT2D eigenvalue weighted by molar-refractivity contribution is -0.00501. The van der Waals surface area contributed by atoms with Crippen LogP contribution in [0.5, 0.6) is 0 Å². The molecule has 6 heteroatoms. The first kappa shape index (κ1) is 14.0. The quantitative estimate of drug-likeness (QED) is 0.804. The highest BCUT2D eigenvalue weighted by Crippen LogP contribution is 2.20. The largest absolute Gasteiger partial charge is 0.298 e. The van der Waals surface area contributed by atoms with Gasteiger partial charge in [-0.1, -0.05) is 10.3 Å². The Labute approximate surface area is 120 Å². The second-order valence-electron chi connectivity index (χ2n) is 6.31. The van der Waals surface area contributed by atoms with Crippen LogP contribution in [0.2, 0.25) is 0 Å². The zero-order valence-electron chi connectivity index (χ0n) is 12.7. The maximum Gasteiger partial charge on any atom is 0.122 e. The molecule has 0 spiro atoms. The van der Waals surface area contributed by atoms with Gasteiger partial charge in [-0.25, -0.2) is 4.63 Å². The lowest BCUT2D eigenvalue weighted by Crippen LogP contribution is -2.63. The number of aromatic nitrogens is 2. The van der Waals surface area contributed by atoms with Crippen molar-refractivity contribution >= 4 is 0 Å². The fraction of sp³-hybridized carbons (Fsp3) is 0.857. The maximum absolute atomic E-state index is 4.75. The minimum Gasteiger partial charge on any atom is -0.298 e. The molecule has 0 unspecified atom stereocenters. The Bertz CT molecular complexity index is 433. The highest BCUT2D eigenvalue weighted by Gasteiger charge is 2.34. The number of aryl methyl sites for hydroxylation is 1. The first-order valence-electron chi connectivity index (χ1n) is 7.62. The van der Waals surface area contributed by atoms with Crippen LogP contribution in [0.3, 0.4) is 0 Å². The van der Waals surface area contributed by atoms with E-state index in [4.69, 9.17) is 4.63 Å². The van der Waals surface area contributed by atoms with Crippen LogP contribution in [-0.2, 0) is 6.54 Å². The number of rotatable bonds is 4. The second kappa shape index (κ2) is 5.79. The molecule has 0 atom stereocenters. The zero-order chi connectivity index (χ0) is 14.1. The molecular weight excluding hydrogens is 254 g/mol. The van der Waals surface area contributed by atoms with Crippen molar-refractivity contribution in [1.82, 2.24) is 25.0 Å². The Kier molecular flexibility index (Phi) is 4.05. The van der Waals surface area contributed by atoms with Crippen molar-refractivity contribution in [3.05, 3.63) is 11.4 Å². The number of hydrogen-bond acceptors (Lipinski definition) is 6. The lowest BCUT2D eigenvalue weighted by atomic mass is 10.1. The van der Waals surface area contributed by atoms with Crippen molar-refractivity contribution in [3.63, 3.8) is 0 Å². The van der Waals surface area contributed by atoms with Gasteiger partial charge < -0.3 is 0 Å². The van der Waals surface area contributed by atoms with Gasteiger partial charge in [0.2, 0.25) is 0 Å². The first-order valence-corrected chi connectivity index (χ1v) is 7.62. The van der Waals surface area contributed by atoms with E-state index in [0.717, 1.165) is 37.1 Å². The maximum atomic E-state index is 4.75. The van der Waals surface area contributed by atoms with Crippen molar-refractivity contribution in [3.8, 4) is 0 Å². The third-order valence-electron chi connectivity index (χ3n) is 4.65. The summed E-state index contributed by atoms with van der Waals surface area (Å²) in [6.07, 6.45) is 0. The normalized spacial score (nSPS) is 23.4. The molecule has 0 aliphatic carbocycles. The van der Waals surface area contributed by atoms with Gasteiger partial charge in [0, 0.05) is 57.9 Å². The Morgan fingerprint density at radius 2 is 1.85 bits per heavy atom. The van der Waals surface area contributed by atoms with Gasteiger partial charge in [0.05, 0.1) is 0 Å². The number of nitrogens with zero attached hydrogens (tertiary/aromatic N) is 5. The van der Waals surface area contributed by atoms with Crippen LogP contribution in [0.15, 0.2) is 4.63 Å². The summed E-state index contributed by atoms with van der Waals surface area (Å²) in [5.41, 5.74) is 1.90. The highest BCUT2D eigenvalue weighted by molar-refractivity contribution is 5.06. The predicted octanol–water partition coefficient (Wildman–Crippen LogP) is 0.588. The molecule has 0 bridgehead atoms.